The Kier molecular flexibility index (Phi) is 6.11. The molecule has 0 atom stereocenters. The second-order valence-electron chi connectivity index (χ2n) is 7.37. The molecule has 0 spiro atoms. The van der Waals surface area contributed by atoms with Crippen LogP contribution in [-0.4, -0.2) is 23.0 Å². The predicted molar refractivity (Wildman–Crippen MR) is 127 cm³/mol. The molecule has 174 valence electrons. The zero-order chi connectivity index (χ0) is 24.6. The fraction of sp³-hybridized carbons (Fsp3) is 0.130. The first-order valence-electron chi connectivity index (χ1n) is 10.2. The molecule has 4 aromatic rings. The Morgan fingerprint density at radius 1 is 1.06 bits per heavy atom. The number of fused-ring (bicyclic) bond motifs is 1. The molecule has 2 aromatic heterocycles. The molecule has 0 unspecified atom stereocenters. The molecule has 0 aliphatic rings. The highest BCUT2D eigenvalue weighted by Crippen LogP contribution is 2.21. The molecule has 0 bridgehead atoms. The number of carbonyl (C=O) groups is 1. The van der Waals surface area contributed by atoms with Gasteiger partial charge in [-0.05, 0) is 43.3 Å². The maximum atomic E-state index is 13.7. The minimum absolute atomic E-state index is 0.0101. The molecule has 0 aliphatic heterocycles. The summed E-state index contributed by atoms with van der Waals surface area (Å²) in [6, 6.07) is 14.5. The summed E-state index contributed by atoms with van der Waals surface area (Å²) < 4.78 is 29.6. The zero-order valence-electron chi connectivity index (χ0n) is 18.3. The lowest BCUT2D eigenvalue weighted by molar-refractivity contribution is -0.693. The van der Waals surface area contributed by atoms with Crippen molar-refractivity contribution in [1.29, 1.82) is 0 Å². The number of anilines is 1. The molecule has 9 nitrogen and oxygen atoms in total. The minimum atomic E-state index is -4.58. The van der Waals surface area contributed by atoms with E-state index in [1.54, 1.807) is 35.2 Å². The van der Waals surface area contributed by atoms with Gasteiger partial charge in [0.25, 0.3) is 15.6 Å². The number of pyridine rings is 1. The van der Waals surface area contributed by atoms with Gasteiger partial charge in [-0.1, -0.05) is 29.8 Å². The van der Waals surface area contributed by atoms with Crippen LogP contribution in [0.5, 0.6) is 0 Å². The summed E-state index contributed by atoms with van der Waals surface area (Å²) in [4.78, 5) is 39.6. The van der Waals surface area contributed by atoms with Gasteiger partial charge in [0, 0.05) is 18.0 Å². The highest BCUT2D eigenvalue weighted by molar-refractivity contribution is 7.90. The number of hydrogen-bond donors (Lipinski definition) is 0. The van der Waals surface area contributed by atoms with Crippen LogP contribution >= 0.6 is 11.6 Å². The number of aryl methyl sites for hydroxylation is 1. The van der Waals surface area contributed by atoms with Gasteiger partial charge < -0.3 is 0 Å². The van der Waals surface area contributed by atoms with E-state index in [0.29, 0.717) is 12.2 Å². The molecular weight excluding hydrogens is 480 g/mol. The summed E-state index contributed by atoms with van der Waals surface area (Å²) in [6.45, 7) is 3.71. The standard InChI is InChI=1S/C23H20ClN4O5S/c1-3-25-13-7-8-18(15-25)26(16(2)29)27-21-14-17(24)11-12-20(21)22(30)28(23(27)31)34(32,33)19-9-5-4-6-10-19/h4-15H,3H2,1-2H3/q+1. The van der Waals surface area contributed by atoms with Gasteiger partial charge >= 0.3 is 5.69 Å². The van der Waals surface area contributed by atoms with Crippen LogP contribution in [-0.2, 0) is 21.4 Å². The van der Waals surface area contributed by atoms with E-state index in [2.05, 4.69) is 0 Å². The summed E-state index contributed by atoms with van der Waals surface area (Å²) in [6.07, 6.45) is 3.41. The number of amides is 1. The molecule has 0 saturated carbocycles. The molecule has 1 amide bonds. The summed E-state index contributed by atoms with van der Waals surface area (Å²) in [7, 11) is -4.58. The van der Waals surface area contributed by atoms with E-state index in [4.69, 9.17) is 11.6 Å². The summed E-state index contributed by atoms with van der Waals surface area (Å²) in [5.41, 5.74) is -1.99. The van der Waals surface area contributed by atoms with E-state index >= 15 is 0 Å². The lowest BCUT2D eigenvalue weighted by Gasteiger charge is -2.24. The van der Waals surface area contributed by atoms with Crippen molar-refractivity contribution in [2.75, 3.05) is 5.01 Å². The summed E-state index contributed by atoms with van der Waals surface area (Å²) in [5.74, 6) is -0.584. The fourth-order valence-corrected chi connectivity index (χ4v) is 5.10. The van der Waals surface area contributed by atoms with E-state index in [-0.39, 0.29) is 24.8 Å². The van der Waals surface area contributed by atoms with E-state index in [1.807, 2.05) is 6.92 Å². The van der Waals surface area contributed by atoms with Crippen molar-refractivity contribution < 1.29 is 17.8 Å². The third kappa shape index (κ3) is 3.91. The largest absolute Gasteiger partial charge is 0.365 e. The average Bonchev–Trinajstić information content (AvgIpc) is 2.81. The van der Waals surface area contributed by atoms with Gasteiger partial charge in [-0.25, -0.2) is 22.8 Å². The topological polar surface area (TPSA) is 102 Å². The lowest BCUT2D eigenvalue weighted by atomic mass is 10.2. The number of halogens is 1. The van der Waals surface area contributed by atoms with E-state index in [0.717, 1.165) is 9.69 Å². The van der Waals surface area contributed by atoms with Gasteiger partial charge in [-0.3, -0.25) is 9.59 Å². The molecule has 11 heteroatoms. The Morgan fingerprint density at radius 3 is 2.41 bits per heavy atom. The van der Waals surface area contributed by atoms with Crippen LogP contribution in [0.1, 0.15) is 13.8 Å². The van der Waals surface area contributed by atoms with Crippen molar-refractivity contribution in [1.82, 2.24) is 8.65 Å². The smallest absolute Gasteiger partial charge is 0.273 e. The molecule has 2 aromatic carbocycles. The van der Waals surface area contributed by atoms with Crippen LogP contribution in [0, 0.1) is 0 Å². The molecule has 34 heavy (non-hydrogen) atoms. The van der Waals surface area contributed by atoms with Gasteiger partial charge in [-0.2, -0.15) is 4.68 Å². The van der Waals surface area contributed by atoms with Crippen LogP contribution in [0.4, 0.5) is 5.69 Å². The molecule has 0 fully saturated rings. The third-order valence-electron chi connectivity index (χ3n) is 5.19. The van der Waals surface area contributed by atoms with Gasteiger partial charge in [0.2, 0.25) is 5.91 Å². The molecule has 0 N–H and O–H groups in total. The van der Waals surface area contributed by atoms with Gasteiger partial charge in [0.1, 0.15) is 12.2 Å². The van der Waals surface area contributed by atoms with Crippen LogP contribution in [0.3, 0.4) is 0 Å². The third-order valence-corrected chi connectivity index (χ3v) is 7.10. The van der Waals surface area contributed by atoms with Crippen molar-refractivity contribution in [3.63, 3.8) is 0 Å². The Labute approximate surface area is 199 Å². The Hall–Kier alpha value is -3.76. The van der Waals surface area contributed by atoms with E-state index < -0.39 is 27.2 Å². The van der Waals surface area contributed by atoms with Crippen LogP contribution in [0.15, 0.2) is 87.5 Å². The average molecular weight is 500 g/mol. The molecule has 4 rings (SSSR count). The first-order chi connectivity index (χ1) is 16.2. The quantitative estimate of drug-likeness (QED) is 0.392. The number of nitrogens with zero attached hydrogens (tertiary/aromatic N) is 4. The monoisotopic (exact) mass is 499 g/mol. The van der Waals surface area contributed by atoms with E-state index in [1.165, 1.54) is 49.4 Å². The van der Waals surface area contributed by atoms with Gasteiger partial charge in [0.15, 0.2) is 12.4 Å². The van der Waals surface area contributed by atoms with E-state index in [9.17, 15) is 22.8 Å². The van der Waals surface area contributed by atoms with Crippen molar-refractivity contribution >= 4 is 44.1 Å². The number of aromatic nitrogens is 3. The van der Waals surface area contributed by atoms with Crippen molar-refractivity contribution in [2.45, 2.75) is 25.3 Å². The zero-order valence-corrected chi connectivity index (χ0v) is 19.8. The van der Waals surface area contributed by atoms with Crippen LogP contribution in [0.25, 0.3) is 10.9 Å². The maximum absolute atomic E-state index is 13.7. The minimum Gasteiger partial charge on any atom is -0.273 e. The SMILES string of the molecule is CC[n+]1cccc(N(C(C)=O)n2c(=O)n(S(=O)(=O)c3ccccc3)c(=O)c3ccc(Cl)cc32)c1. The number of benzene rings is 2. The Morgan fingerprint density at radius 2 is 1.76 bits per heavy atom. The lowest BCUT2D eigenvalue weighted by Crippen LogP contribution is -2.51. The number of carbonyl (C=O) groups excluding carboxylic acids is 1. The summed E-state index contributed by atoms with van der Waals surface area (Å²) >= 11 is 6.15. The fourth-order valence-electron chi connectivity index (χ4n) is 3.62. The second-order valence-corrected chi connectivity index (χ2v) is 9.59. The second kappa shape index (κ2) is 8.88. The predicted octanol–water partition coefficient (Wildman–Crippen LogP) is 2.18. The van der Waals surface area contributed by atoms with Crippen LogP contribution in [0.2, 0.25) is 5.02 Å². The molecular formula is C23H20ClN4O5S+. The summed E-state index contributed by atoms with van der Waals surface area (Å²) in [5, 5.41) is 1.11. The van der Waals surface area contributed by atoms with Gasteiger partial charge in [-0.15, -0.1) is 3.97 Å². The first-order valence-corrected chi connectivity index (χ1v) is 12.1. The first kappa shape index (κ1) is 23.4. The highest BCUT2D eigenvalue weighted by atomic mass is 35.5. The molecule has 0 aliphatic carbocycles. The molecule has 0 radical (unpaired) electrons. The number of rotatable bonds is 5. The number of hydrogen-bond acceptors (Lipinski definition) is 5. The van der Waals surface area contributed by atoms with Crippen molar-refractivity contribution in [2.24, 2.45) is 0 Å². The van der Waals surface area contributed by atoms with Gasteiger partial charge in [0.05, 0.1) is 15.8 Å². The Bertz CT molecular complexity index is 1650. The molecule has 2 heterocycles. The van der Waals surface area contributed by atoms with Crippen molar-refractivity contribution in [3.8, 4) is 0 Å². The van der Waals surface area contributed by atoms with Crippen LogP contribution < -0.4 is 20.8 Å². The maximum Gasteiger partial charge on any atom is 0.365 e. The molecule has 0 saturated heterocycles. The normalized spacial score (nSPS) is 11.5. The van der Waals surface area contributed by atoms with Crippen molar-refractivity contribution in [3.05, 3.63) is 98.9 Å². The highest BCUT2D eigenvalue weighted by Gasteiger charge is 2.29. The Balaban J connectivity index is 2.17.